The van der Waals surface area contributed by atoms with Gasteiger partial charge in [-0.15, -0.1) is 0 Å². The second-order valence-corrected chi connectivity index (χ2v) is 4.42. The van der Waals surface area contributed by atoms with Gasteiger partial charge in [-0.3, -0.25) is 4.98 Å². The summed E-state index contributed by atoms with van der Waals surface area (Å²) < 4.78 is 0. The van der Waals surface area contributed by atoms with E-state index in [9.17, 15) is 0 Å². The molecule has 2 rings (SSSR count). The van der Waals surface area contributed by atoms with Gasteiger partial charge >= 0.3 is 0 Å². The minimum Gasteiger partial charge on any atom is -0.314 e. The van der Waals surface area contributed by atoms with Crippen molar-refractivity contribution in [1.82, 2.24) is 10.3 Å². The molecule has 2 heteroatoms. The van der Waals surface area contributed by atoms with Crippen LogP contribution in [0, 0.1) is 5.92 Å². The third-order valence-electron chi connectivity index (χ3n) is 3.36. The Balaban J connectivity index is 1.93. The predicted molar refractivity (Wildman–Crippen MR) is 62.7 cm³/mol. The van der Waals surface area contributed by atoms with Crippen LogP contribution in [0.15, 0.2) is 24.5 Å². The highest BCUT2D eigenvalue weighted by molar-refractivity contribution is 5.11. The van der Waals surface area contributed by atoms with E-state index in [0.717, 1.165) is 18.9 Å². The first-order valence-electron chi connectivity index (χ1n) is 6.02. The molecule has 0 bridgehead atoms. The summed E-state index contributed by atoms with van der Waals surface area (Å²) in [5, 5.41) is 3.61. The van der Waals surface area contributed by atoms with E-state index in [1.807, 2.05) is 18.5 Å². The maximum absolute atomic E-state index is 4.17. The van der Waals surface area contributed by atoms with Crippen LogP contribution in [-0.2, 0) is 6.42 Å². The van der Waals surface area contributed by atoms with Gasteiger partial charge in [0.15, 0.2) is 0 Å². The minimum absolute atomic E-state index is 0.660. The first-order chi connectivity index (χ1) is 7.40. The van der Waals surface area contributed by atoms with Crippen LogP contribution in [0.4, 0.5) is 0 Å². The Hall–Kier alpha value is -0.890. The Bertz CT molecular complexity index is 280. The summed E-state index contributed by atoms with van der Waals surface area (Å²) in [6.07, 6.45) is 9.18. The third kappa shape index (κ3) is 2.78. The molecule has 1 N–H and O–H groups in total. The Morgan fingerprint density at radius 2 is 2.40 bits per heavy atom. The molecule has 1 aromatic rings. The molecule has 15 heavy (non-hydrogen) atoms. The lowest BCUT2D eigenvalue weighted by Crippen LogP contribution is -2.41. The highest BCUT2D eigenvalue weighted by Crippen LogP contribution is 2.30. The maximum atomic E-state index is 4.17. The summed E-state index contributed by atoms with van der Waals surface area (Å²) in [5.74, 6) is 0.894. The Morgan fingerprint density at radius 1 is 1.53 bits per heavy atom. The maximum Gasteiger partial charge on any atom is 0.0300 e. The molecule has 0 aromatic carbocycles. The molecule has 1 fully saturated rings. The molecule has 1 aliphatic carbocycles. The molecule has 0 spiro atoms. The first-order valence-corrected chi connectivity index (χ1v) is 6.02. The predicted octanol–water partition coefficient (Wildman–Crippen LogP) is 2.40. The van der Waals surface area contributed by atoms with Crippen molar-refractivity contribution in [3.63, 3.8) is 0 Å². The average molecular weight is 204 g/mol. The van der Waals surface area contributed by atoms with Crippen LogP contribution in [0.3, 0.4) is 0 Å². The van der Waals surface area contributed by atoms with Crippen LogP contribution >= 0.6 is 0 Å². The van der Waals surface area contributed by atoms with Crippen LogP contribution < -0.4 is 5.32 Å². The number of aromatic nitrogens is 1. The van der Waals surface area contributed by atoms with Crippen molar-refractivity contribution < 1.29 is 0 Å². The number of pyridine rings is 1. The van der Waals surface area contributed by atoms with Gasteiger partial charge in [-0.25, -0.2) is 0 Å². The standard InChI is InChI=1S/C13H20N2/c1-2-15-13(12-6-3-7-12)9-11-5-4-8-14-10-11/h4-5,8,10,12-13,15H,2-3,6-7,9H2,1H3. The molecule has 0 aliphatic heterocycles. The second-order valence-electron chi connectivity index (χ2n) is 4.42. The van der Waals surface area contributed by atoms with E-state index in [0.29, 0.717) is 6.04 Å². The monoisotopic (exact) mass is 204 g/mol. The lowest BCUT2D eigenvalue weighted by molar-refractivity contribution is 0.229. The van der Waals surface area contributed by atoms with Crippen molar-refractivity contribution in [2.75, 3.05) is 6.54 Å². The molecule has 1 saturated carbocycles. The first kappa shape index (κ1) is 10.6. The van der Waals surface area contributed by atoms with Crippen LogP contribution in [0.25, 0.3) is 0 Å². The summed E-state index contributed by atoms with van der Waals surface area (Å²) >= 11 is 0. The zero-order valence-electron chi connectivity index (χ0n) is 9.45. The van der Waals surface area contributed by atoms with Gasteiger partial charge in [-0.05, 0) is 43.4 Å². The second kappa shape index (κ2) is 5.26. The lowest BCUT2D eigenvalue weighted by atomic mass is 9.78. The topological polar surface area (TPSA) is 24.9 Å². The molecule has 1 atom stereocenters. The van der Waals surface area contributed by atoms with Crippen molar-refractivity contribution in [2.45, 2.75) is 38.6 Å². The fourth-order valence-electron chi connectivity index (χ4n) is 2.28. The van der Waals surface area contributed by atoms with Gasteiger partial charge in [-0.2, -0.15) is 0 Å². The Morgan fingerprint density at radius 3 is 2.93 bits per heavy atom. The van der Waals surface area contributed by atoms with Crippen LogP contribution in [0.2, 0.25) is 0 Å². The zero-order valence-corrected chi connectivity index (χ0v) is 9.45. The number of hydrogen-bond donors (Lipinski definition) is 1. The fraction of sp³-hybridized carbons (Fsp3) is 0.615. The van der Waals surface area contributed by atoms with E-state index in [4.69, 9.17) is 0 Å². The molecule has 1 unspecified atom stereocenters. The van der Waals surface area contributed by atoms with Gasteiger partial charge in [0.1, 0.15) is 0 Å². The van der Waals surface area contributed by atoms with Crippen molar-refractivity contribution in [3.8, 4) is 0 Å². The molecular weight excluding hydrogens is 184 g/mol. The average Bonchev–Trinajstić information content (AvgIpc) is 2.17. The molecule has 82 valence electrons. The summed E-state index contributed by atoms with van der Waals surface area (Å²) in [5.41, 5.74) is 1.36. The number of likely N-dealkylation sites (N-methyl/N-ethyl adjacent to an activating group) is 1. The molecule has 1 aliphatic rings. The Kier molecular flexibility index (Phi) is 3.73. The summed E-state index contributed by atoms with van der Waals surface area (Å²) in [6.45, 7) is 3.26. The molecule has 2 nitrogen and oxygen atoms in total. The van der Waals surface area contributed by atoms with Crippen molar-refractivity contribution in [3.05, 3.63) is 30.1 Å². The minimum atomic E-state index is 0.660. The van der Waals surface area contributed by atoms with Crippen LogP contribution in [0.1, 0.15) is 31.7 Å². The van der Waals surface area contributed by atoms with Gasteiger partial charge in [-0.1, -0.05) is 19.4 Å². The van der Waals surface area contributed by atoms with Gasteiger partial charge in [0, 0.05) is 18.4 Å². The normalized spacial score (nSPS) is 18.5. The van der Waals surface area contributed by atoms with Crippen molar-refractivity contribution in [2.24, 2.45) is 5.92 Å². The van der Waals surface area contributed by atoms with Crippen LogP contribution in [-0.4, -0.2) is 17.6 Å². The van der Waals surface area contributed by atoms with E-state index in [-0.39, 0.29) is 0 Å². The number of hydrogen-bond acceptors (Lipinski definition) is 2. The Labute approximate surface area is 92.1 Å². The van der Waals surface area contributed by atoms with E-state index in [1.165, 1.54) is 24.8 Å². The third-order valence-corrected chi connectivity index (χ3v) is 3.36. The molecule has 0 saturated heterocycles. The van der Waals surface area contributed by atoms with E-state index in [2.05, 4.69) is 23.3 Å². The van der Waals surface area contributed by atoms with Gasteiger partial charge in [0.2, 0.25) is 0 Å². The number of rotatable bonds is 5. The zero-order chi connectivity index (χ0) is 10.5. The van der Waals surface area contributed by atoms with E-state index < -0.39 is 0 Å². The van der Waals surface area contributed by atoms with Crippen molar-refractivity contribution in [1.29, 1.82) is 0 Å². The lowest BCUT2D eigenvalue weighted by Gasteiger charge is -2.34. The number of nitrogens with one attached hydrogen (secondary N) is 1. The van der Waals surface area contributed by atoms with E-state index >= 15 is 0 Å². The SMILES string of the molecule is CCNC(Cc1cccnc1)C1CCC1. The van der Waals surface area contributed by atoms with Crippen molar-refractivity contribution >= 4 is 0 Å². The fourth-order valence-corrected chi connectivity index (χ4v) is 2.28. The number of nitrogens with zero attached hydrogens (tertiary/aromatic N) is 1. The highest BCUT2D eigenvalue weighted by Gasteiger charge is 2.26. The van der Waals surface area contributed by atoms with Crippen LogP contribution in [0.5, 0.6) is 0 Å². The van der Waals surface area contributed by atoms with E-state index in [1.54, 1.807) is 0 Å². The highest BCUT2D eigenvalue weighted by atomic mass is 14.9. The van der Waals surface area contributed by atoms with Gasteiger partial charge in [0.25, 0.3) is 0 Å². The summed E-state index contributed by atoms with van der Waals surface area (Å²) in [7, 11) is 0. The van der Waals surface area contributed by atoms with Gasteiger partial charge in [0.05, 0.1) is 0 Å². The molecular formula is C13H20N2. The van der Waals surface area contributed by atoms with Gasteiger partial charge < -0.3 is 5.32 Å². The smallest absolute Gasteiger partial charge is 0.0300 e. The summed E-state index contributed by atoms with van der Waals surface area (Å²) in [6, 6.07) is 4.86. The summed E-state index contributed by atoms with van der Waals surface area (Å²) in [4.78, 5) is 4.17. The quantitative estimate of drug-likeness (QED) is 0.796. The molecule has 0 radical (unpaired) electrons. The molecule has 1 heterocycles. The molecule has 0 amide bonds. The largest absolute Gasteiger partial charge is 0.314 e. The molecule has 1 aromatic heterocycles.